The highest BCUT2D eigenvalue weighted by Gasteiger charge is 2.20. The van der Waals surface area contributed by atoms with Crippen LogP contribution in [-0.4, -0.2) is 53.6 Å². The number of nitrogens with zero attached hydrogens (tertiary/aromatic N) is 3. The molecule has 0 amide bonds. The molecule has 146 valence electrons. The van der Waals surface area contributed by atoms with Crippen molar-refractivity contribution in [3.63, 3.8) is 0 Å². The molecular formula is C21H32N6. The van der Waals surface area contributed by atoms with E-state index in [4.69, 9.17) is 10.7 Å². The van der Waals surface area contributed by atoms with Crippen molar-refractivity contribution >= 4 is 22.7 Å². The van der Waals surface area contributed by atoms with E-state index in [0.717, 1.165) is 75.1 Å². The van der Waals surface area contributed by atoms with Gasteiger partial charge in [0, 0.05) is 44.2 Å². The maximum absolute atomic E-state index is 5.68. The minimum atomic E-state index is 0.442. The molecule has 0 spiro atoms. The van der Waals surface area contributed by atoms with Crippen LogP contribution in [0.15, 0.2) is 36.4 Å². The number of allylic oxidation sites excluding steroid dienone is 1. The molecule has 2 aromatic rings. The molecular weight excluding hydrogens is 336 g/mol. The van der Waals surface area contributed by atoms with Crippen molar-refractivity contribution < 1.29 is 0 Å². The van der Waals surface area contributed by atoms with Gasteiger partial charge in [-0.05, 0) is 37.8 Å². The molecule has 1 fully saturated rings. The quantitative estimate of drug-likeness (QED) is 0.466. The largest absolute Gasteiger partial charge is 0.367 e. The molecule has 1 saturated heterocycles. The summed E-state index contributed by atoms with van der Waals surface area (Å²) < 4.78 is 0. The molecule has 4 N–H and O–H groups in total. The average molecular weight is 369 g/mol. The van der Waals surface area contributed by atoms with Crippen LogP contribution in [0.25, 0.3) is 10.9 Å². The standard InChI is InChI=1S/C21H32N6/c1-2-3-4-7-13-23-21-25-19-9-6-5-8-18(19)20(26-21)24-17-10-14-27(15-11-17)16-12-22/h3-6,8-9,17H,2,7,10-16,22H2,1H3,(H2,23,24,25,26)/b4-3+. The molecule has 0 aliphatic carbocycles. The van der Waals surface area contributed by atoms with Crippen molar-refractivity contribution in [2.24, 2.45) is 5.73 Å². The Kier molecular flexibility index (Phi) is 7.42. The summed E-state index contributed by atoms with van der Waals surface area (Å²) in [5.41, 5.74) is 6.65. The Balaban J connectivity index is 1.68. The summed E-state index contributed by atoms with van der Waals surface area (Å²) in [4.78, 5) is 11.9. The predicted octanol–water partition coefficient (Wildman–Crippen LogP) is 3.23. The van der Waals surface area contributed by atoms with Crippen molar-refractivity contribution in [3.05, 3.63) is 36.4 Å². The minimum Gasteiger partial charge on any atom is -0.367 e. The normalized spacial score (nSPS) is 16.2. The van der Waals surface area contributed by atoms with Gasteiger partial charge in [0.05, 0.1) is 5.52 Å². The average Bonchev–Trinajstić information content (AvgIpc) is 2.69. The first kappa shape index (κ1) is 19.6. The molecule has 3 rings (SSSR count). The number of piperidine rings is 1. The third kappa shape index (κ3) is 5.65. The summed E-state index contributed by atoms with van der Waals surface area (Å²) in [7, 11) is 0. The van der Waals surface area contributed by atoms with Gasteiger partial charge in [-0.15, -0.1) is 0 Å². The highest BCUT2D eigenvalue weighted by molar-refractivity contribution is 5.90. The van der Waals surface area contributed by atoms with E-state index in [1.807, 2.05) is 18.2 Å². The van der Waals surface area contributed by atoms with Crippen molar-refractivity contribution in [1.82, 2.24) is 14.9 Å². The van der Waals surface area contributed by atoms with Crippen molar-refractivity contribution in [3.8, 4) is 0 Å². The summed E-state index contributed by atoms with van der Waals surface area (Å²) >= 11 is 0. The molecule has 1 aromatic heterocycles. The summed E-state index contributed by atoms with van der Waals surface area (Å²) in [6, 6.07) is 8.66. The molecule has 1 aromatic carbocycles. The number of para-hydroxylation sites is 1. The lowest BCUT2D eigenvalue weighted by Gasteiger charge is -2.32. The van der Waals surface area contributed by atoms with Crippen molar-refractivity contribution in [1.29, 1.82) is 0 Å². The lowest BCUT2D eigenvalue weighted by molar-refractivity contribution is 0.224. The molecule has 6 heteroatoms. The van der Waals surface area contributed by atoms with Gasteiger partial charge in [0.25, 0.3) is 0 Å². The number of benzene rings is 1. The van der Waals surface area contributed by atoms with Crippen molar-refractivity contribution in [2.45, 2.75) is 38.6 Å². The van der Waals surface area contributed by atoms with E-state index in [2.05, 4.69) is 45.7 Å². The number of hydrogen-bond acceptors (Lipinski definition) is 6. The predicted molar refractivity (Wildman–Crippen MR) is 114 cm³/mol. The maximum atomic E-state index is 5.68. The zero-order valence-electron chi connectivity index (χ0n) is 16.3. The molecule has 6 nitrogen and oxygen atoms in total. The number of hydrogen-bond donors (Lipinski definition) is 3. The fraction of sp³-hybridized carbons (Fsp3) is 0.524. The second kappa shape index (κ2) is 10.2. The third-order valence-corrected chi connectivity index (χ3v) is 4.97. The first-order valence-corrected chi connectivity index (χ1v) is 10.1. The Hall–Kier alpha value is -2.18. The molecule has 1 aliphatic heterocycles. The van der Waals surface area contributed by atoms with Gasteiger partial charge in [0.2, 0.25) is 5.95 Å². The summed E-state index contributed by atoms with van der Waals surface area (Å²) in [5, 5.41) is 8.12. The van der Waals surface area contributed by atoms with Crippen LogP contribution in [0.1, 0.15) is 32.6 Å². The Morgan fingerprint density at radius 1 is 1.19 bits per heavy atom. The van der Waals surface area contributed by atoms with E-state index in [-0.39, 0.29) is 0 Å². The zero-order chi connectivity index (χ0) is 18.9. The minimum absolute atomic E-state index is 0.442. The number of likely N-dealkylation sites (tertiary alicyclic amines) is 1. The highest BCUT2D eigenvalue weighted by Crippen LogP contribution is 2.24. The molecule has 0 saturated carbocycles. The summed E-state index contributed by atoms with van der Waals surface area (Å²) in [6.07, 6.45) is 8.66. The van der Waals surface area contributed by atoms with E-state index < -0.39 is 0 Å². The van der Waals surface area contributed by atoms with Gasteiger partial charge in [0.15, 0.2) is 0 Å². The van der Waals surface area contributed by atoms with Gasteiger partial charge in [-0.1, -0.05) is 31.2 Å². The van der Waals surface area contributed by atoms with Gasteiger partial charge >= 0.3 is 0 Å². The van der Waals surface area contributed by atoms with Crippen LogP contribution in [0.4, 0.5) is 11.8 Å². The van der Waals surface area contributed by atoms with Gasteiger partial charge in [0.1, 0.15) is 5.82 Å². The van der Waals surface area contributed by atoms with Gasteiger partial charge in [-0.3, -0.25) is 0 Å². The maximum Gasteiger partial charge on any atom is 0.225 e. The van der Waals surface area contributed by atoms with Crippen LogP contribution >= 0.6 is 0 Å². The molecule has 27 heavy (non-hydrogen) atoms. The Bertz CT molecular complexity index is 737. The fourth-order valence-electron chi connectivity index (χ4n) is 3.49. The van der Waals surface area contributed by atoms with Crippen LogP contribution in [-0.2, 0) is 0 Å². The number of nitrogens with two attached hydrogens (primary N) is 1. The lowest BCUT2D eigenvalue weighted by Crippen LogP contribution is -2.41. The number of rotatable bonds is 9. The number of anilines is 2. The number of nitrogens with one attached hydrogen (secondary N) is 2. The summed E-state index contributed by atoms with van der Waals surface area (Å²) in [6.45, 7) is 6.89. The molecule has 0 atom stereocenters. The lowest BCUT2D eigenvalue weighted by atomic mass is 10.0. The van der Waals surface area contributed by atoms with Crippen LogP contribution in [0.5, 0.6) is 0 Å². The first-order valence-electron chi connectivity index (χ1n) is 10.1. The summed E-state index contributed by atoms with van der Waals surface area (Å²) in [5.74, 6) is 1.63. The van der Waals surface area contributed by atoms with E-state index in [1.165, 1.54) is 0 Å². The van der Waals surface area contributed by atoms with Crippen LogP contribution < -0.4 is 16.4 Å². The van der Waals surface area contributed by atoms with E-state index in [0.29, 0.717) is 12.0 Å². The SMILES string of the molecule is CC/C=C/CCNc1nc(NC2CCN(CCN)CC2)c2ccccc2n1. The van der Waals surface area contributed by atoms with Gasteiger partial charge in [-0.2, -0.15) is 4.98 Å². The number of fused-ring (bicyclic) bond motifs is 1. The Morgan fingerprint density at radius 2 is 2.00 bits per heavy atom. The molecule has 0 radical (unpaired) electrons. The number of aromatic nitrogens is 2. The fourth-order valence-corrected chi connectivity index (χ4v) is 3.49. The second-order valence-electron chi connectivity index (χ2n) is 7.06. The van der Waals surface area contributed by atoms with E-state index in [9.17, 15) is 0 Å². The van der Waals surface area contributed by atoms with Crippen LogP contribution in [0.2, 0.25) is 0 Å². The van der Waals surface area contributed by atoms with Gasteiger partial charge < -0.3 is 21.3 Å². The molecule has 0 unspecified atom stereocenters. The van der Waals surface area contributed by atoms with Crippen LogP contribution in [0.3, 0.4) is 0 Å². The monoisotopic (exact) mass is 368 g/mol. The molecule has 1 aliphatic rings. The third-order valence-electron chi connectivity index (χ3n) is 4.97. The van der Waals surface area contributed by atoms with Crippen LogP contribution in [0, 0.1) is 0 Å². The Morgan fingerprint density at radius 3 is 2.78 bits per heavy atom. The molecule has 0 bridgehead atoms. The first-order chi connectivity index (χ1) is 13.3. The van der Waals surface area contributed by atoms with Crippen molar-refractivity contribution in [2.75, 3.05) is 43.4 Å². The second-order valence-corrected chi connectivity index (χ2v) is 7.06. The highest BCUT2D eigenvalue weighted by atomic mass is 15.2. The smallest absolute Gasteiger partial charge is 0.225 e. The Labute approximate surface area is 162 Å². The van der Waals surface area contributed by atoms with Gasteiger partial charge in [-0.25, -0.2) is 4.98 Å². The van der Waals surface area contributed by atoms with E-state index in [1.54, 1.807) is 0 Å². The zero-order valence-corrected chi connectivity index (χ0v) is 16.3. The topological polar surface area (TPSA) is 79.1 Å². The van der Waals surface area contributed by atoms with E-state index >= 15 is 0 Å². The molecule has 2 heterocycles.